The molecule has 1 aromatic rings. The predicted molar refractivity (Wildman–Crippen MR) is 62.5 cm³/mol. The van der Waals surface area contributed by atoms with Crippen LogP contribution in [0.2, 0.25) is 5.02 Å². The van der Waals surface area contributed by atoms with Crippen molar-refractivity contribution in [2.24, 2.45) is 5.73 Å². The Labute approximate surface area is 95.4 Å². The summed E-state index contributed by atoms with van der Waals surface area (Å²) in [4.78, 5) is 0. The van der Waals surface area contributed by atoms with Crippen molar-refractivity contribution in [1.29, 1.82) is 0 Å². The van der Waals surface area contributed by atoms with Gasteiger partial charge in [0.1, 0.15) is 5.75 Å². The van der Waals surface area contributed by atoms with Gasteiger partial charge >= 0.3 is 0 Å². The molecule has 0 aromatic heterocycles. The number of benzene rings is 1. The Hall–Kier alpha value is -0.730. The molecule has 2 nitrogen and oxygen atoms in total. The summed E-state index contributed by atoms with van der Waals surface area (Å²) in [5.41, 5.74) is 7.21. The molecule has 15 heavy (non-hydrogen) atoms. The van der Waals surface area contributed by atoms with Crippen LogP contribution >= 0.6 is 11.6 Å². The second kappa shape index (κ2) is 4.03. The lowest BCUT2D eigenvalue weighted by molar-refractivity contribution is 0.408. The third kappa shape index (κ3) is 2.44. The van der Waals surface area contributed by atoms with E-state index < -0.39 is 0 Å². The monoisotopic (exact) mass is 225 g/mol. The highest BCUT2D eigenvalue weighted by atomic mass is 35.5. The Bertz CT molecular complexity index is 361. The third-order valence-electron chi connectivity index (χ3n) is 3.06. The van der Waals surface area contributed by atoms with Crippen molar-refractivity contribution in [2.75, 3.05) is 7.11 Å². The van der Waals surface area contributed by atoms with Gasteiger partial charge in [0.15, 0.2) is 0 Å². The summed E-state index contributed by atoms with van der Waals surface area (Å²) in [6.45, 7) is 0. The van der Waals surface area contributed by atoms with Gasteiger partial charge in [0, 0.05) is 16.1 Å². The van der Waals surface area contributed by atoms with Gasteiger partial charge in [-0.05, 0) is 37.8 Å². The van der Waals surface area contributed by atoms with E-state index in [0.29, 0.717) is 0 Å². The van der Waals surface area contributed by atoms with Crippen molar-refractivity contribution in [3.05, 3.63) is 28.8 Å². The Kier molecular flexibility index (Phi) is 2.89. The normalized spacial score (nSPS) is 17.5. The molecule has 0 heterocycles. The smallest absolute Gasteiger partial charge is 0.123 e. The molecule has 3 heteroatoms. The SMILES string of the molecule is COc1cccc(Cl)c1CCC1(N)CC1. The molecule has 0 atom stereocenters. The molecule has 1 aliphatic carbocycles. The van der Waals surface area contributed by atoms with E-state index in [1.165, 1.54) is 0 Å². The summed E-state index contributed by atoms with van der Waals surface area (Å²) < 4.78 is 5.29. The average molecular weight is 226 g/mol. The summed E-state index contributed by atoms with van der Waals surface area (Å²) in [5.74, 6) is 0.867. The quantitative estimate of drug-likeness (QED) is 0.855. The van der Waals surface area contributed by atoms with Gasteiger partial charge in [-0.1, -0.05) is 17.7 Å². The summed E-state index contributed by atoms with van der Waals surface area (Å²) in [6, 6.07) is 5.74. The van der Waals surface area contributed by atoms with Crippen molar-refractivity contribution >= 4 is 11.6 Å². The summed E-state index contributed by atoms with van der Waals surface area (Å²) in [5, 5.41) is 0.776. The molecule has 1 saturated carbocycles. The van der Waals surface area contributed by atoms with Crippen molar-refractivity contribution in [2.45, 2.75) is 31.2 Å². The van der Waals surface area contributed by atoms with Crippen LogP contribution < -0.4 is 10.5 Å². The highest BCUT2D eigenvalue weighted by Gasteiger charge is 2.37. The van der Waals surface area contributed by atoms with Gasteiger partial charge in [-0.3, -0.25) is 0 Å². The fourth-order valence-electron chi connectivity index (χ4n) is 1.76. The number of ether oxygens (including phenoxy) is 1. The predicted octanol–water partition coefficient (Wildman–Crippen LogP) is 2.77. The van der Waals surface area contributed by atoms with E-state index >= 15 is 0 Å². The molecule has 0 saturated heterocycles. The maximum atomic E-state index is 6.14. The van der Waals surface area contributed by atoms with Crippen LogP contribution in [0.25, 0.3) is 0 Å². The minimum atomic E-state index is 0.0736. The number of nitrogens with two attached hydrogens (primary N) is 1. The first kappa shape index (κ1) is 10.8. The zero-order valence-electron chi connectivity index (χ0n) is 8.92. The molecular formula is C12H16ClNO. The lowest BCUT2D eigenvalue weighted by Gasteiger charge is -2.12. The number of hydrogen-bond donors (Lipinski definition) is 1. The van der Waals surface area contributed by atoms with Gasteiger partial charge in [0.2, 0.25) is 0 Å². The van der Waals surface area contributed by atoms with E-state index in [1.807, 2.05) is 18.2 Å². The molecule has 0 amide bonds. The first-order chi connectivity index (χ1) is 7.14. The molecule has 0 bridgehead atoms. The molecule has 1 aromatic carbocycles. The first-order valence-electron chi connectivity index (χ1n) is 5.25. The maximum Gasteiger partial charge on any atom is 0.123 e. The van der Waals surface area contributed by atoms with E-state index in [4.69, 9.17) is 22.1 Å². The largest absolute Gasteiger partial charge is 0.496 e. The van der Waals surface area contributed by atoms with E-state index in [-0.39, 0.29) is 5.54 Å². The van der Waals surface area contributed by atoms with Gasteiger partial charge in [-0.2, -0.15) is 0 Å². The molecule has 1 aliphatic rings. The summed E-state index contributed by atoms with van der Waals surface area (Å²) >= 11 is 6.14. The molecule has 0 aliphatic heterocycles. The molecule has 0 spiro atoms. The molecule has 0 radical (unpaired) electrons. The van der Waals surface area contributed by atoms with Gasteiger partial charge in [-0.15, -0.1) is 0 Å². The Morgan fingerprint density at radius 3 is 2.80 bits per heavy atom. The Balaban J connectivity index is 2.11. The second-order valence-corrected chi connectivity index (χ2v) is 4.69. The van der Waals surface area contributed by atoms with E-state index in [9.17, 15) is 0 Å². The fourth-order valence-corrected chi connectivity index (χ4v) is 2.02. The number of rotatable bonds is 4. The lowest BCUT2D eigenvalue weighted by Crippen LogP contribution is -2.22. The molecule has 82 valence electrons. The van der Waals surface area contributed by atoms with Crippen LogP contribution in [0.1, 0.15) is 24.8 Å². The van der Waals surface area contributed by atoms with Crippen LogP contribution in [-0.2, 0) is 6.42 Å². The van der Waals surface area contributed by atoms with Gasteiger partial charge in [-0.25, -0.2) is 0 Å². The zero-order chi connectivity index (χ0) is 10.9. The van der Waals surface area contributed by atoms with Crippen LogP contribution in [-0.4, -0.2) is 12.6 Å². The third-order valence-corrected chi connectivity index (χ3v) is 3.42. The summed E-state index contributed by atoms with van der Waals surface area (Å²) in [6.07, 6.45) is 4.17. The Morgan fingerprint density at radius 1 is 1.47 bits per heavy atom. The second-order valence-electron chi connectivity index (χ2n) is 4.28. The van der Waals surface area contributed by atoms with Crippen LogP contribution in [0.4, 0.5) is 0 Å². The highest BCUT2D eigenvalue weighted by molar-refractivity contribution is 6.31. The topological polar surface area (TPSA) is 35.2 Å². The van der Waals surface area contributed by atoms with Crippen molar-refractivity contribution in [1.82, 2.24) is 0 Å². The molecule has 2 N–H and O–H groups in total. The van der Waals surface area contributed by atoms with Crippen molar-refractivity contribution in [3.63, 3.8) is 0 Å². The van der Waals surface area contributed by atoms with Crippen LogP contribution in [0.15, 0.2) is 18.2 Å². The maximum absolute atomic E-state index is 6.14. The van der Waals surface area contributed by atoms with Crippen molar-refractivity contribution < 1.29 is 4.74 Å². The van der Waals surface area contributed by atoms with E-state index in [1.54, 1.807) is 7.11 Å². The van der Waals surface area contributed by atoms with Crippen LogP contribution in [0.3, 0.4) is 0 Å². The number of hydrogen-bond acceptors (Lipinski definition) is 2. The number of methoxy groups -OCH3 is 1. The minimum absolute atomic E-state index is 0.0736. The molecular weight excluding hydrogens is 210 g/mol. The summed E-state index contributed by atoms with van der Waals surface area (Å²) in [7, 11) is 1.67. The highest BCUT2D eigenvalue weighted by Crippen LogP contribution is 2.38. The van der Waals surface area contributed by atoms with Crippen molar-refractivity contribution in [3.8, 4) is 5.75 Å². The Morgan fingerprint density at radius 2 is 2.20 bits per heavy atom. The van der Waals surface area contributed by atoms with Gasteiger partial charge in [0.05, 0.1) is 7.11 Å². The first-order valence-corrected chi connectivity index (χ1v) is 5.63. The standard InChI is InChI=1S/C12H16ClNO/c1-15-11-4-2-3-10(13)9(11)5-6-12(14)7-8-12/h2-4H,5-8,14H2,1H3. The van der Waals surface area contributed by atoms with Crippen LogP contribution in [0, 0.1) is 0 Å². The molecule has 2 rings (SSSR count). The zero-order valence-corrected chi connectivity index (χ0v) is 9.68. The molecule has 1 fully saturated rings. The average Bonchev–Trinajstić information content (AvgIpc) is 2.95. The van der Waals surface area contributed by atoms with Crippen LogP contribution in [0.5, 0.6) is 5.75 Å². The lowest BCUT2D eigenvalue weighted by atomic mass is 10.0. The number of halogens is 1. The van der Waals surface area contributed by atoms with Gasteiger partial charge < -0.3 is 10.5 Å². The van der Waals surface area contributed by atoms with E-state index in [2.05, 4.69) is 0 Å². The molecule has 0 unspecified atom stereocenters. The fraction of sp³-hybridized carbons (Fsp3) is 0.500. The van der Waals surface area contributed by atoms with Gasteiger partial charge in [0.25, 0.3) is 0 Å². The minimum Gasteiger partial charge on any atom is -0.496 e. The van der Waals surface area contributed by atoms with E-state index in [0.717, 1.165) is 42.0 Å².